The molecule has 2 saturated heterocycles. The average molecular weight is 318 g/mol. The van der Waals surface area contributed by atoms with Gasteiger partial charge in [0.05, 0.1) is 0 Å². The summed E-state index contributed by atoms with van der Waals surface area (Å²) in [7, 11) is 0. The van der Waals surface area contributed by atoms with Crippen LogP contribution < -0.4 is 0 Å². The van der Waals surface area contributed by atoms with Gasteiger partial charge in [0.15, 0.2) is 0 Å². The van der Waals surface area contributed by atoms with E-state index in [1.54, 1.807) is 0 Å². The van der Waals surface area contributed by atoms with Crippen molar-refractivity contribution in [2.24, 2.45) is 0 Å². The molecule has 0 saturated carbocycles. The number of fused-ring (bicyclic) bond motifs is 3. The predicted molar refractivity (Wildman–Crippen MR) is 99.2 cm³/mol. The van der Waals surface area contributed by atoms with Crippen LogP contribution in [0, 0.1) is 0 Å². The minimum Gasteiger partial charge on any atom is -0.299 e. The van der Waals surface area contributed by atoms with Crippen LogP contribution in [0.3, 0.4) is 0 Å². The van der Waals surface area contributed by atoms with Crippen molar-refractivity contribution in [2.45, 2.75) is 38.3 Å². The van der Waals surface area contributed by atoms with Crippen molar-refractivity contribution >= 4 is 0 Å². The third kappa shape index (κ3) is 2.58. The Bertz CT molecular complexity index is 745. The quantitative estimate of drug-likeness (QED) is 0.722. The highest BCUT2D eigenvalue weighted by atomic mass is 15.3. The highest BCUT2D eigenvalue weighted by Crippen LogP contribution is 2.37. The van der Waals surface area contributed by atoms with Crippen LogP contribution in [0.15, 0.2) is 42.5 Å². The Morgan fingerprint density at radius 1 is 0.875 bits per heavy atom. The minimum atomic E-state index is 0.811. The fraction of sp³-hybridized carbons (Fsp3) is 0.455. The summed E-state index contributed by atoms with van der Waals surface area (Å²) in [6, 6.07) is 16.8. The molecule has 2 nitrogen and oxygen atoms in total. The molecular weight excluding hydrogens is 292 g/mol. The second kappa shape index (κ2) is 6.02. The molecule has 2 heterocycles. The molecule has 2 aromatic carbocycles. The monoisotopic (exact) mass is 318 g/mol. The van der Waals surface area contributed by atoms with Crippen molar-refractivity contribution in [2.75, 3.05) is 26.2 Å². The molecule has 2 aliphatic heterocycles. The fourth-order valence-corrected chi connectivity index (χ4v) is 4.92. The number of rotatable bonds is 3. The van der Waals surface area contributed by atoms with Gasteiger partial charge in [-0.25, -0.2) is 0 Å². The maximum absolute atomic E-state index is 2.72. The molecule has 2 fully saturated rings. The summed E-state index contributed by atoms with van der Waals surface area (Å²) in [6.07, 6.45) is 5.27. The first-order chi connectivity index (χ1) is 11.9. The zero-order valence-electron chi connectivity index (χ0n) is 14.4. The molecule has 0 unspecified atom stereocenters. The molecule has 2 heteroatoms. The summed E-state index contributed by atoms with van der Waals surface area (Å²) in [4.78, 5) is 5.38. The van der Waals surface area contributed by atoms with Crippen LogP contribution in [0.2, 0.25) is 0 Å². The Morgan fingerprint density at radius 3 is 2.62 bits per heavy atom. The van der Waals surface area contributed by atoms with Crippen LogP contribution in [-0.2, 0) is 13.0 Å². The fourth-order valence-electron chi connectivity index (χ4n) is 4.92. The van der Waals surface area contributed by atoms with Crippen molar-refractivity contribution < 1.29 is 0 Å². The van der Waals surface area contributed by atoms with E-state index in [4.69, 9.17) is 0 Å². The zero-order chi connectivity index (χ0) is 15.9. The van der Waals surface area contributed by atoms with E-state index in [0.29, 0.717) is 0 Å². The molecule has 0 radical (unpaired) electrons. The highest BCUT2D eigenvalue weighted by Gasteiger charge is 2.29. The van der Waals surface area contributed by atoms with Gasteiger partial charge in [-0.3, -0.25) is 9.80 Å². The van der Waals surface area contributed by atoms with Crippen molar-refractivity contribution in [3.8, 4) is 11.1 Å². The lowest BCUT2D eigenvalue weighted by atomic mass is 10.0. The van der Waals surface area contributed by atoms with Crippen LogP contribution >= 0.6 is 0 Å². The number of benzene rings is 2. The predicted octanol–water partition coefficient (Wildman–Crippen LogP) is 3.93. The first-order valence-corrected chi connectivity index (χ1v) is 9.53. The molecule has 2 aromatic rings. The lowest BCUT2D eigenvalue weighted by Gasteiger charge is -2.23. The van der Waals surface area contributed by atoms with E-state index in [-0.39, 0.29) is 0 Å². The van der Waals surface area contributed by atoms with E-state index in [0.717, 1.165) is 19.0 Å². The molecular formula is C22H26N2. The van der Waals surface area contributed by atoms with Gasteiger partial charge in [-0.15, -0.1) is 0 Å². The molecule has 0 aromatic heterocycles. The van der Waals surface area contributed by atoms with E-state index in [2.05, 4.69) is 52.3 Å². The maximum Gasteiger partial charge on any atom is 0.0235 e. The molecule has 3 aliphatic rings. The van der Waals surface area contributed by atoms with E-state index in [1.807, 2.05) is 0 Å². The van der Waals surface area contributed by atoms with Crippen LogP contribution in [-0.4, -0.2) is 42.0 Å². The zero-order valence-corrected chi connectivity index (χ0v) is 14.4. The Labute approximate surface area is 145 Å². The van der Waals surface area contributed by atoms with E-state index in [9.17, 15) is 0 Å². The van der Waals surface area contributed by atoms with Crippen LogP contribution in [0.25, 0.3) is 11.1 Å². The normalized spacial score (nSPS) is 23.6. The number of likely N-dealkylation sites (tertiary alicyclic amines) is 2. The van der Waals surface area contributed by atoms with Gasteiger partial charge >= 0.3 is 0 Å². The molecule has 1 atom stereocenters. The van der Waals surface area contributed by atoms with Crippen molar-refractivity contribution in [1.29, 1.82) is 0 Å². The SMILES string of the molecule is c1ccc2c(c1)Cc1cc(CN3CC[C@H](N4CCCC4)C3)ccc1-2. The summed E-state index contributed by atoms with van der Waals surface area (Å²) in [5.41, 5.74) is 7.38. The first-order valence-electron chi connectivity index (χ1n) is 9.53. The summed E-state index contributed by atoms with van der Waals surface area (Å²) in [5.74, 6) is 0. The lowest BCUT2D eigenvalue weighted by molar-refractivity contribution is 0.230. The van der Waals surface area contributed by atoms with E-state index in [1.165, 1.54) is 73.3 Å². The Hall–Kier alpha value is -1.64. The number of nitrogens with zero attached hydrogens (tertiary/aromatic N) is 2. The second-order valence-electron chi connectivity index (χ2n) is 7.75. The van der Waals surface area contributed by atoms with Crippen molar-refractivity contribution in [1.82, 2.24) is 9.80 Å². The Kier molecular flexibility index (Phi) is 3.68. The molecule has 0 bridgehead atoms. The smallest absolute Gasteiger partial charge is 0.0235 e. The molecule has 0 N–H and O–H groups in total. The average Bonchev–Trinajstić information content (AvgIpc) is 3.33. The van der Waals surface area contributed by atoms with E-state index < -0.39 is 0 Å². The van der Waals surface area contributed by atoms with Gasteiger partial charge in [0, 0.05) is 25.7 Å². The first kappa shape index (κ1) is 14.7. The van der Waals surface area contributed by atoms with Crippen molar-refractivity contribution in [3.05, 3.63) is 59.2 Å². The standard InChI is InChI=1S/C22H26N2/c1-2-6-21-18(5-1)14-19-13-17(7-8-22(19)21)15-23-12-9-20(16-23)24-10-3-4-11-24/h1-2,5-8,13,20H,3-4,9-12,14-16H2/t20-/m0/s1. The van der Waals surface area contributed by atoms with Gasteiger partial charge in [-0.1, -0.05) is 42.5 Å². The van der Waals surface area contributed by atoms with Gasteiger partial charge in [0.1, 0.15) is 0 Å². The molecule has 0 amide bonds. The van der Waals surface area contributed by atoms with Crippen LogP contribution in [0.1, 0.15) is 36.0 Å². The largest absolute Gasteiger partial charge is 0.299 e. The molecule has 0 spiro atoms. The van der Waals surface area contributed by atoms with Gasteiger partial charge < -0.3 is 0 Å². The summed E-state index contributed by atoms with van der Waals surface area (Å²) < 4.78 is 0. The van der Waals surface area contributed by atoms with Gasteiger partial charge in [-0.05, 0) is 66.6 Å². The van der Waals surface area contributed by atoms with Gasteiger partial charge in [-0.2, -0.15) is 0 Å². The molecule has 24 heavy (non-hydrogen) atoms. The summed E-state index contributed by atoms with van der Waals surface area (Å²) >= 11 is 0. The second-order valence-corrected chi connectivity index (χ2v) is 7.75. The highest BCUT2D eigenvalue weighted by molar-refractivity contribution is 5.76. The number of hydrogen-bond donors (Lipinski definition) is 0. The van der Waals surface area contributed by atoms with Gasteiger partial charge in [0.25, 0.3) is 0 Å². The minimum absolute atomic E-state index is 0.811. The Balaban J connectivity index is 1.29. The summed E-state index contributed by atoms with van der Waals surface area (Å²) in [6.45, 7) is 6.30. The Morgan fingerprint density at radius 2 is 1.71 bits per heavy atom. The van der Waals surface area contributed by atoms with E-state index >= 15 is 0 Å². The molecule has 5 rings (SSSR count). The molecule has 1 aliphatic carbocycles. The molecule has 124 valence electrons. The third-order valence-electron chi connectivity index (χ3n) is 6.17. The summed E-state index contributed by atoms with van der Waals surface area (Å²) in [5, 5.41) is 0. The third-order valence-corrected chi connectivity index (χ3v) is 6.17. The lowest BCUT2D eigenvalue weighted by Crippen LogP contribution is -2.35. The van der Waals surface area contributed by atoms with Crippen molar-refractivity contribution in [3.63, 3.8) is 0 Å². The number of hydrogen-bond acceptors (Lipinski definition) is 2. The van der Waals surface area contributed by atoms with Crippen LogP contribution in [0.4, 0.5) is 0 Å². The maximum atomic E-state index is 2.72. The van der Waals surface area contributed by atoms with Gasteiger partial charge in [0.2, 0.25) is 0 Å². The topological polar surface area (TPSA) is 6.48 Å². The van der Waals surface area contributed by atoms with Crippen LogP contribution in [0.5, 0.6) is 0 Å².